The summed E-state index contributed by atoms with van der Waals surface area (Å²) >= 11 is 0. The maximum Gasteiger partial charge on any atom is 0.193 e. The molecule has 0 aromatic heterocycles. The molecule has 5 nitrogen and oxygen atoms in total. The van der Waals surface area contributed by atoms with Gasteiger partial charge in [-0.1, -0.05) is 18.2 Å². The first kappa shape index (κ1) is 21.3. The van der Waals surface area contributed by atoms with E-state index >= 15 is 0 Å². The average Bonchev–Trinajstić information content (AvgIpc) is 2.67. The van der Waals surface area contributed by atoms with Gasteiger partial charge in [-0.15, -0.1) is 24.0 Å². The minimum absolute atomic E-state index is 0. The summed E-state index contributed by atoms with van der Waals surface area (Å²) < 4.78 is 10.9. The molecule has 2 aromatic rings. The first-order chi connectivity index (χ1) is 12.7. The van der Waals surface area contributed by atoms with Crippen LogP contribution in [0, 0.1) is 0 Å². The Morgan fingerprint density at radius 2 is 1.96 bits per heavy atom. The predicted molar refractivity (Wildman–Crippen MR) is 122 cm³/mol. The Morgan fingerprint density at radius 3 is 2.74 bits per heavy atom. The number of fused-ring (bicyclic) bond motifs is 1. The largest absolute Gasteiger partial charge is 0.493 e. The van der Waals surface area contributed by atoms with Crippen LogP contribution in [0.5, 0.6) is 11.5 Å². The summed E-state index contributed by atoms with van der Waals surface area (Å²) in [5, 5.41) is 3.27. The second-order valence-electron chi connectivity index (χ2n) is 6.40. The van der Waals surface area contributed by atoms with Crippen molar-refractivity contribution >= 4 is 35.6 Å². The predicted octanol–water partition coefficient (Wildman–Crippen LogP) is 4.52. The van der Waals surface area contributed by atoms with Gasteiger partial charge in [0.15, 0.2) is 17.5 Å². The summed E-state index contributed by atoms with van der Waals surface area (Å²) in [6.07, 6.45) is 4.74. The number of hydrogen-bond donors (Lipinski definition) is 2. The number of halogens is 1. The SMILES string of the molecule is CCOc1cc(CN=C(N)Nc2cccc3c2CCCC3)ccc1OC.I. The van der Waals surface area contributed by atoms with Crippen LogP contribution in [0.25, 0.3) is 0 Å². The van der Waals surface area contributed by atoms with Crippen LogP contribution < -0.4 is 20.5 Å². The second kappa shape index (κ2) is 10.4. The van der Waals surface area contributed by atoms with Gasteiger partial charge in [0.2, 0.25) is 0 Å². The van der Waals surface area contributed by atoms with Crippen LogP contribution in [0.15, 0.2) is 41.4 Å². The molecular weight excluding hydrogens is 453 g/mol. The zero-order valence-electron chi connectivity index (χ0n) is 16.0. The number of nitrogens with one attached hydrogen (secondary N) is 1. The molecule has 27 heavy (non-hydrogen) atoms. The third kappa shape index (κ3) is 5.51. The summed E-state index contributed by atoms with van der Waals surface area (Å²) in [6, 6.07) is 12.2. The molecule has 3 N–H and O–H groups in total. The van der Waals surface area contributed by atoms with Crippen LogP contribution in [-0.2, 0) is 19.4 Å². The first-order valence-electron chi connectivity index (χ1n) is 9.18. The van der Waals surface area contributed by atoms with Gasteiger partial charge >= 0.3 is 0 Å². The van der Waals surface area contributed by atoms with E-state index in [9.17, 15) is 0 Å². The monoisotopic (exact) mass is 481 g/mol. The normalized spacial score (nSPS) is 13.3. The lowest BCUT2D eigenvalue weighted by Crippen LogP contribution is -2.24. The van der Waals surface area contributed by atoms with E-state index in [-0.39, 0.29) is 24.0 Å². The number of aliphatic imine (C=N–C) groups is 1. The highest BCUT2D eigenvalue weighted by molar-refractivity contribution is 14.0. The number of hydrogen-bond acceptors (Lipinski definition) is 3. The molecule has 0 radical (unpaired) electrons. The van der Waals surface area contributed by atoms with E-state index in [1.54, 1.807) is 7.11 Å². The third-order valence-corrected chi connectivity index (χ3v) is 4.62. The highest BCUT2D eigenvalue weighted by Crippen LogP contribution is 2.29. The lowest BCUT2D eigenvalue weighted by Gasteiger charge is -2.19. The van der Waals surface area contributed by atoms with E-state index in [4.69, 9.17) is 15.2 Å². The van der Waals surface area contributed by atoms with Crippen molar-refractivity contribution in [2.45, 2.75) is 39.2 Å². The summed E-state index contributed by atoms with van der Waals surface area (Å²) in [4.78, 5) is 4.48. The standard InChI is InChI=1S/C21H27N3O2.HI/c1-3-26-20-13-15(11-12-19(20)25-2)14-23-21(22)24-18-10-6-8-16-7-4-5-9-17(16)18;/h6,8,10-13H,3-5,7,9,14H2,1-2H3,(H3,22,23,24);1H. The van der Waals surface area contributed by atoms with Crippen molar-refractivity contribution in [1.82, 2.24) is 0 Å². The van der Waals surface area contributed by atoms with Crippen LogP contribution in [-0.4, -0.2) is 19.7 Å². The number of methoxy groups -OCH3 is 1. The number of benzene rings is 2. The molecule has 1 aliphatic rings. The van der Waals surface area contributed by atoms with Gasteiger partial charge in [0.1, 0.15) is 0 Å². The Balaban J connectivity index is 0.00000261. The van der Waals surface area contributed by atoms with Crippen LogP contribution in [0.3, 0.4) is 0 Å². The molecule has 0 aliphatic heterocycles. The quantitative estimate of drug-likeness (QED) is 0.362. The summed E-state index contributed by atoms with van der Waals surface area (Å²) in [7, 11) is 1.64. The number of nitrogens with zero attached hydrogens (tertiary/aromatic N) is 1. The van der Waals surface area contributed by atoms with Gasteiger partial charge in [-0.3, -0.25) is 0 Å². The van der Waals surface area contributed by atoms with Crippen molar-refractivity contribution < 1.29 is 9.47 Å². The van der Waals surface area contributed by atoms with Gasteiger partial charge in [-0.25, -0.2) is 4.99 Å². The molecule has 1 aliphatic carbocycles. The van der Waals surface area contributed by atoms with E-state index in [0.29, 0.717) is 19.1 Å². The highest BCUT2D eigenvalue weighted by Gasteiger charge is 2.13. The number of anilines is 1. The van der Waals surface area contributed by atoms with Gasteiger partial charge in [-0.2, -0.15) is 0 Å². The average molecular weight is 481 g/mol. The van der Waals surface area contributed by atoms with Crippen LogP contribution in [0.4, 0.5) is 5.69 Å². The van der Waals surface area contributed by atoms with Crippen LogP contribution in [0.1, 0.15) is 36.5 Å². The molecular formula is C21H28IN3O2. The van der Waals surface area contributed by atoms with Crippen molar-refractivity contribution in [3.63, 3.8) is 0 Å². The molecule has 0 saturated carbocycles. The molecule has 0 bridgehead atoms. The van der Waals surface area contributed by atoms with Crippen molar-refractivity contribution in [2.24, 2.45) is 10.7 Å². The maximum atomic E-state index is 6.12. The van der Waals surface area contributed by atoms with Gasteiger partial charge in [0.05, 0.1) is 20.3 Å². The molecule has 2 aromatic carbocycles. The number of guanidine groups is 1. The van der Waals surface area contributed by atoms with Crippen molar-refractivity contribution in [3.8, 4) is 11.5 Å². The Kier molecular flexibility index (Phi) is 8.22. The van der Waals surface area contributed by atoms with Gasteiger partial charge < -0.3 is 20.5 Å². The fraction of sp³-hybridized carbons (Fsp3) is 0.381. The molecule has 0 atom stereocenters. The molecule has 146 valence electrons. The molecule has 0 saturated heterocycles. The van der Waals surface area contributed by atoms with Gasteiger partial charge in [0.25, 0.3) is 0 Å². The topological polar surface area (TPSA) is 68.9 Å². The number of ether oxygens (including phenoxy) is 2. The summed E-state index contributed by atoms with van der Waals surface area (Å²) in [5.74, 6) is 1.88. The van der Waals surface area contributed by atoms with Crippen molar-refractivity contribution in [1.29, 1.82) is 0 Å². The summed E-state index contributed by atoms with van der Waals surface area (Å²) in [5.41, 5.74) is 11.0. The Hall–Kier alpha value is -1.96. The fourth-order valence-electron chi connectivity index (χ4n) is 3.34. The maximum absolute atomic E-state index is 6.12. The molecule has 0 amide bonds. The van der Waals surface area contributed by atoms with E-state index in [0.717, 1.165) is 35.6 Å². The highest BCUT2D eigenvalue weighted by atomic mass is 127. The Bertz CT molecular complexity index is 793. The molecule has 0 fully saturated rings. The zero-order valence-corrected chi connectivity index (χ0v) is 18.3. The van der Waals surface area contributed by atoms with E-state index in [1.807, 2.05) is 25.1 Å². The fourth-order valence-corrected chi connectivity index (χ4v) is 3.34. The Morgan fingerprint density at radius 1 is 1.15 bits per heavy atom. The van der Waals surface area contributed by atoms with Gasteiger partial charge in [-0.05, 0) is 67.5 Å². The molecule has 6 heteroatoms. The Labute approximate surface area is 178 Å². The zero-order chi connectivity index (χ0) is 18.4. The lowest BCUT2D eigenvalue weighted by molar-refractivity contribution is 0.310. The minimum atomic E-state index is 0. The van der Waals surface area contributed by atoms with E-state index in [2.05, 4.69) is 28.5 Å². The molecule has 0 unspecified atom stereocenters. The number of aryl methyl sites for hydroxylation is 1. The van der Waals surface area contributed by atoms with E-state index in [1.165, 1.54) is 24.0 Å². The minimum Gasteiger partial charge on any atom is -0.493 e. The van der Waals surface area contributed by atoms with Gasteiger partial charge in [0, 0.05) is 5.69 Å². The molecule has 3 rings (SSSR count). The molecule has 0 spiro atoms. The van der Waals surface area contributed by atoms with Crippen molar-refractivity contribution in [2.75, 3.05) is 19.0 Å². The van der Waals surface area contributed by atoms with E-state index < -0.39 is 0 Å². The smallest absolute Gasteiger partial charge is 0.193 e. The lowest BCUT2D eigenvalue weighted by atomic mass is 9.90. The second-order valence-corrected chi connectivity index (χ2v) is 6.40. The molecule has 0 heterocycles. The van der Waals surface area contributed by atoms with Crippen molar-refractivity contribution in [3.05, 3.63) is 53.1 Å². The third-order valence-electron chi connectivity index (χ3n) is 4.62. The van der Waals surface area contributed by atoms with Crippen LogP contribution >= 0.6 is 24.0 Å². The first-order valence-corrected chi connectivity index (χ1v) is 9.18. The number of rotatable bonds is 6. The van der Waals surface area contributed by atoms with Crippen LogP contribution in [0.2, 0.25) is 0 Å². The summed E-state index contributed by atoms with van der Waals surface area (Å²) in [6.45, 7) is 3.02. The number of nitrogens with two attached hydrogens (primary N) is 1.